The molecule has 1 fully saturated rings. The van der Waals surface area contributed by atoms with Crippen LogP contribution in [0.4, 0.5) is 4.39 Å². The standard InChI is InChI=1S/C34H42FN3O5S/c1-25(2)43-22-6-21-36-34(40)32(23-27-7-4-3-5-8-27)38(24-28-9-14-29(35)15-10-28)33(39)20-13-26-11-18-31(19-12-26)44(41,42)37-30-16-17-30/h3-5,7-12,14-15,18-19,25,30,32,37H,6,13,16-17,20-24H2,1-2H3,(H,36,40). The van der Waals surface area contributed by atoms with Crippen LogP contribution in [0.1, 0.15) is 56.2 Å². The largest absolute Gasteiger partial charge is 0.379 e. The molecule has 44 heavy (non-hydrogen) atoms. The molecule has 8 nitrogen and oxygen atoms in total. The fourth-order valence-corrected chi connectivity index (χ4v) is 6.08. The third kappa shape index (κ3) is 10.5. The predicted molar refractivity (Wildman–Crippen MR) is 168 cm³/mol. The highest BCUT2D eigenvalue weighted by Crippen LogP contribution is 2.23. The van der Waals surface area contributed by atoms with Crippen LogP contribution >= 0.6 is 0 Å². The summed E-state index contributed by atoms with van der Waals surface area (Å²) < 4.78 is 47.0. The van der Waals surface area contributed by atoms with Gasteiger partial charge in [0.2, 0.25) is 21.8 Å². The Morgan fingerprint density at radius 3 is 2.23 bits per heavy atom. The van der Waals surface area contributed by atoms with Crippen molar-refractivity contribution in [2.75, 3.05) is 13.2 Å². The number of amides is 2. The number of sulfonamides is 1. The zero-order valence-electron chi connectivity index (χ0n) is 25.4. The van der Waals surface area contributed by atoms with Crippen LogP contribution in [0, 0.1) is 5.82 Å². The van der Waals surface area contributed by atoms with Crippen LogP contribution in [0.25, 0.3) is 0 Å². The molecule has 0 spiro atoms. The number of nitrogens with one attached hydrogen (secondary N) is 2. The van der Waals surface area contributed by atoms with Gasteiger partial charge in [-0.3, -0.25) is 9.59 Å². The van der Waals surface area contributed by atoms with E-state index in [1.165, 1.54) is 12.1 Å². The summed E-state index contributed by atoms with van der Waals surface area (Å²) in [6.07, 6.45) is 3.21. The molecule has 0 heterocycles. The van der Waals surface area contributed by atoms with Crippen molar-refractivity contribution in [3.63, 3.8) is 0 Å². The van der Waals surface area contributed by atoms with Gasteiger partial charge in [-0.1, -0.05) is 54.6 Å². The molecule has 1 saturated carbocycles. The summed E-state index contributed by atoms with van der Waals surface area (Å²) in [4.78, 5) is 29.3. The Morgan fingerprint density at radius 2 is 1.59 bits per heavy atom. The summed E-state index contributed by atoms with van der Waals surface area (Å²) in [5.41, 5.74) is 2.41. The number of carbonyl (C=O) groups excluding carboxylic acids is 2. The van der Waals surface area contributed by atoms with Crippen LogP contribution in [0.5, 0.6) is 0 Å². The van der Waals surface area contributed by atoms with Gasteiger partial charge in [-0.05, 0) is 80.5 Å². The molecule has 2 N–H and O–H groups in total. The second-order valence-corrected chi connectivity index (χ2v) is 13.2. The molecule has 4 rings (SSSR count). The minimum Gasteiger partial charge on any atom is -0.379 e. The molecule has 0 radical (unpaired) electrons. The predicted octanol–water partition coefficient (Wildman–Crippen LogP) is 4.77. The van der Waals surface area contributed by atoms with E-state index in [1.54, 1.807) is 41.3 Å². The number of hydrogen-bond acceptors (Lipinski definition) is 5. The maximum Gasteiger partial charge on any atom is 0.243 e. The van der Waals surface area contributed by atoms with Gasteiger partial charge in [0.25, 0.3) is 0 Å². The lowest BCUT2D eigenvalue weighted by molar-refractivity contribution is -0.141. The Labute approximate surface area is 260 Å². The van der Waals surface area contributed by atoms with Crippen molar-refractivity contribution in [1.82, 2.24) is 14.9 Å². The fourth-order valence-electron chi connectivity index (χ4n) is 4.78. The number of benzene rings is 3. The minimum atomic E-state index is -3.57. The first kappa shape index (κ1) is 33.3. The third-order valence-corrected chi connectivity index (χ3v) is 8.91. The van der Waals surface area contributed by atoms with E-state index in [9.17, 15) is 22.4 Å². The van der Waals surface area contributed by atoms with Crippen molar-refractivity contribution in [3.05, 3.63) is 101 Å². The lowest BCUT2D eigenvalue weighted by atomic mass is 10.0. The average molecular weight is 624 g/mol. The van der Waals surface area contributed by atoms with Crippen molar-refractivity contribution in [2.45, 2.75) is 82.0 Å². The van der Waals surface area contributed by atoms with Gasteiger partial charge in [0.15, 0.2) is 0 Å². The van der Waals surface area contributed by atoms with Crippen molar-refractivity contribution >= 4 is 21.8 Å². The second kappa shape index (κ2) is 15.9. The SMILES string of the molecule is CC(C)OCCCNC(=O)C(Cc1ccccc1)N(Cc1ccc(F)cc1)C(=O)CCc1ccc(S(=O)(=O)NC2CC2)cc1. The Morgan fingerprint density at radius 1 is 0.932 bits per heavy atom. The number of nitrogens with zero attached hydrogens (tertiary/aromatic N) is 1. The molecule has 1 aliphatic rings. The molecule has 3 aromatic rings. The van der Waals surface area contributed by atoms with Gasteiger partial charge in [0.1, 0.15) is 11.9 Å². The van der Waals surface area contributed by atoms with E-state index in [1.807, 2.05) is 44.2 Å². The quantitative estimate of drug-likeness (QED) is 0.211. The number of ether oxygens (including phenoxy) is 1. The fraction of sp³-hybridized carbons (Fsp3) is 0.412. The van der Waals surface area contributed by atoms with E-state index in [2.05, 4.69) is 10.0 Å². The van der Waals surface area contributed by atoms with Gasteiger partial charge >= 0.3 is 0 Å². The molecular weight excluding hydrogens is 581 g/mol. The Bertz CT molecular complexity index is 1460. The summed E-state index contributed by atoms with van der Waals surface area (Å²) >= 11 is 0. The normalized spacial score (nSPS) is 13.9. The van der Waals surface area contributed by atoms with E-state index in [0.717, 1.165) is 24.0 Å². The first-order valence-corrected chi connectivity index (χ1v) is 16.7. The summed E-state index contributed by atoms with van der Waals surface area (Å²) in [5, 5.41) is 2.98. The smallest absolute Gasteiger partial charge is 0.243 e. The highest BCUT2D eigenvalue weighted by molar-refractivity contribution is 7.89. The number of rotatable bonds is 17. The maximum atomic E-state index is 13.9. The van der Waals surface area contributed by atoms with Crippen LogP contribution in [-0.4, -0.2) is 56.5 Å². The van der Waals surface area contributed by atoms with Crippen molar-refractivity contribution in [1.29, 1.82) is 0 Å². The number of aryl methyl sites for hydroxylation is 1. The minimum absolute atomic E-state index is 0.0128. The van der Waals surface area contributed by atoms with Gasteiger partial charge in [0.05, 0.1) is 11.0 Å². The van der Waals surface area contributed by atoms with E-state index >= 15 is 0 Å². The van der Waals surface area contributed by atoms with Crippen LogP contribution in [-0.2, 0) is 43.7 Å². The molecular formula is C34H42FN3O5S. The molecule has 1 unspecified atom stereocenters. The van der Waals surface area contributed by atoms with E-state index < -0.39 is 16.1 Å². The molecule has 0 bridgehead atoms. The van der Waals surface area contributed by atoms with Gasteiger partial charge in [-0.25, -0.2) is 17.5 Å². The van der Waals surface area contributed by atoms with Gasteiger partial charge in [-0.15, -0.1) is 0 Å². The molecule has 0 saturated heterocycles. The third-order valence-electron chi connectivity index (χ3n) is 7.37. The lowest BCUT2D eigenvalue weighted by Crippen LogP contribution is -2.50. The van der Waals surface area contributed by atoms with E-state index in [0.29, 0.717) is 38.0 Å². The molecule has 236 valence electrons. The van der Waals surface area contributed by atoms with Crippen LogP contribution < -0.4 is 10.0 Å². The summed E-state index contributed by atoms with van der Waals surface area (Å²) in [5.74, 6) is -0.890. The van der Waals surface area contributed by atoms with Crippen LogP contribution in [0.3, 0.4) is 0 Å². The molecule has 3 aromatic carbocycles. The highest BCUT2D eigenvalue weighted by atomic mass is 32.2. The Kier molecular flexibility index (Phi) is 12.1. The topological polar surface area (TPSA) is 105 Å². The van der Waals surface area contributed by atoms with Gasteiger partial charge < -0.3 is 15.0 Å². The first-order chi connectivity index (χ1) is 21.1. The van der Waals surface area contributed by atoms with Gasteiger partial charge in [-0.2, -0.15) is 0 Å². The van der Waals surface area contributed by atoms with Crippen LogP contribution in [0.2, 0.25) is 0 Å². The zero-order chi connectivity index (χ0) is 31.5. The lowest BCUT2D eigenvalue weighted by Gasteiger charge is -2.32. The molecule has 2 amide bonds. The molecule has 0 aromatic heterocycles. The molecule has 1 atom stereocenters. The summed E-state index contributed by atoms with van der Waals surface area (Å²) in [6.45, 7) is 4.95. The molecule has 0 aliphatic heterocycles. The second-order valence-electron chi connectivity index (χ2n) is 11.5. The van der Waals surface area contributed by atoms with Crippen molar-refractivity contribution in [2.24, 2.45) is 0 Å². The molecule has 10 heteroatoms. The number of carbonyl (C=O) groups is 2. The van der Waals surface area contributed by atoms with Crippen molar-refractivity contribution in [3.8, 4) is 0 Å². The van der Waals surface area contributed by atoms with Gasteiger partial charge in [0, 0.05) is 38.6 Å². The van der Waals surface area contributed by atoms with E-state index in [4.69, 9.17) is 4.74 Å². The monoisotopic (exact) mass is 623 g/mol. The Hall–Kier alpha value is -3.60. The van der Waals surface area contributed by atoms with Crippen molar-refractivity contribution < 1.29 is 27.1 Å². The first-order valence-electron chi connectivity index (χ1n) is 15.2. The summed E-state index contributed by atoms with van der Waals surface area (Å²) in [6, 6.07) is 21.2. The highest BCUT2D eigenvalue weighted by Gasteiger charge is 2.30. The van der Waals surface area contributed by atoms with E-state index in [-0.39, 0.29) is 47.6 Å². The molecule has 1 aliphatic carbocycles. The summed E-state index contributed by atoms with van der Waals surface area (Å²) in [7, 11) is -3.57. The number of hydrogen-bond donors (Lipinski definition) is 2. The Balaban J connectivity index is 1.51. The zero-order valence-corrected chi connectivity index (χ0v) is 26.2. The average Bonchev–Trinajstić information content (AvgIpc) is 3.82. The maximum absolute atomic E-state index is 13.9. The van der Waals surface area contributed by atoms with Crippen LogP contribution in [0.15, 0.2) is 83.8 Å². The number of halogens is 1.